The maximum absolute atomic E-state index is 13.0. The largest absolute Gasteiger partial charge is 0.347 e. The molecule has 1 atom stereocenters. The zero-order chi connectivity index (χ0) is 18.1. The number of hydrogen-bond donors (Lipinski definition) is 1. The van der Waals surface area contributed by atoms with Gasteiger partial charge in [-0.3, -0.25) is 9.59 Å². The maximum atomic E-state index is 13.0. The van der Waals surface area contributed by atoms with E-state index in [1.54, 1.807) is 23.9 Å². The van der Waals surface area contributed by atoms with Gasteiger partial charge >= 0.3 is 0 Å². The second-order valence-corrected chi connectivity index (χ2v) is 6.82. The molecule has 6 heteroatoms. The number of carbonyl (C=O) groups is 2. The van der Waals surface area contributed by atoms with Crippen molar-refractivity contribution < 1.29 is 9.59 Å². The third kappa shape index (κ3) is 3.29. The van der Waals surface area contributed by atoms with Crippen molar-refractivity contribution >= 4 is 11.8 Å². The van der Waals surface area contributed by atoms with Crippen LogP contribution in [0.25, 0.3) is 11.4 Å². The van der Waals surface area contributed by atoms with Gasteiger partial charge in [-0.1, -0.05) is 23.8 Å². The summed E-state index contributed by atoms with van der Waals surface area (Å²) in [5, 5.41) is 0. The van der Waals surface area contributed by atoms with Crippen molar-refractivity contribution in [2.24, 2.45) is 0 Å². The number of benzene rings is 1. The summed E-state index contributed by atoms with van der Waals surface area (Å²) in [7, 11) is 3.44. The molecular weight excluding hydrogens is 316 g/mol. The van der Waals surface area contributed by atoms with Gasteiger partial charge in [-0.25, -0.2) is 4.98 Å². The summed E-state index contributed by atoms with van der Waals surface area (Å²) in [5.41, 5.74) is 3.21. The van der Waals surface area contributed by atoms with Crippen LogP contribution in [0.3, 0.4) is 0 Å². The molecule has 2 aromatic rings. The lowest BCUT2D eigenvalue weighted by Crippen LogP contribution is -2.45. The van der Waals surface area contributed by atoms with E-state index in [0.29, 0.717) is 24.5 Å². The normalized spacial score (nSPS) is 17.0. The number of H-pyrrole nitrogens is 1. The molecular formula is C19H24N4O2. The van der Waals surface area contributed by atoms with Crippen molar-refractivity contribution in [1.82, 2.24) is 19.8 Å². The number of nitrogens with one attached hydrogen (secondary N) is 1. The molecule has 0 radical (unpaired) electrons. The zero-order valence-electron chi connectivity index (χ0n) is 15.2. The Morgan fingerprint density at radius 3 is 2.72 bits per heavy atom. The van der Waals surface area contributed by atoms with Crippen LogP contribution in [0.4, 0.5) is 0 Å². The summed E-state index contributed by atoms with van der Waals surface area (Å²) < 4.78 is 0. The fourth-order valence-electron chi connectivity index (χ4n) is 3.30. The van der Waals surface area contributed by atoms with Crippen molar-refractivity contribution in [3.8, 4) is 11.4 Å². The number of aryl methyl sites for hydroxylation is 2. The molecule has 1 fully saturated rings. The van der Waals surface area contributed by atoms with Crippen LogP contribution < -0.4 is 0 Å². The van der Waals surface area contributed by atoms with E-state index in [4.69, 9.17) is 0 Å². The molecule has 0 spiro atoms. The Hall–Kier alpha value is -2.63. The van der Waals surface area contributed by atoms with Gasteiger partial charge in [-0.15, -0.1) is 0 Å². The lowest BCUT2D eigenvalue weighted by atomic mass is 10.1. The number of likely N-dealkylation sites (N-methyl/N-ethyl adjacent to an activating group) is 1. The number of amides is 2. The minimum Gasteiger partial charge on any atom is -0.347 e. The van der Waals surface area contributed by atoms with Crippen LogP contribution in [0.5, 0.6) is 0 Å². The molecule has 2 amide bonds. The standard InChI is InChI=1S/C19H24N4O2/c1-12-7-5-8-14(11-12)17-20-13(2)16(21-17)19(25)23-10-6-9-15(23)18(24)22(3)4/h5,7-8,11,15H,6,9-10H2,1-4H3,(H,20,21). The van der Waals surface area contributed by atoms with E-state index in [9.17, 15) is 9.59 Å². The highest BCUT2D eigenvalue weighted by Gasteiger charge is 2.36. The molecule has 1 N–H and O–H groups in total. The number of carbonyl (C=O) groups excluding carboxylic acids is 2. The topological polar surface area (TPSA) is 69.3 Å². The van der Waals surface area contributed by atoms with Gasteiger partial charge < -0.3 is 14.8 Å². The number of likely N-dealkylation sites (tertiary alicyclic amines) is 1. The summed E-state index contributed by atoms with van der Waals surface area (Å²) in [6.07, 6.45) is 1.54. The van der Waals surface area contributed by atoms with E-state index in [2.05, 4.69) is 9.97 Å². The van der Waals surface area contributed by atoms with Gasteiger partial charge in [0.15, 0.2) is 0 Å². The number of nitrogens with zero attached hydrogens (tertiary/aromatic N) is 3. The molecule has 1 aromatic carbocycles. The van der Waals surface area contributed by atoms with Crippen molar-refractivity contribution in [2.75, 3.05) is 20.6 Å². The molecule has 1 aliphatic rings. The van der Waals surface area contributed by atoms with Gasteiger partial charge in [0.2, 0.25) is 5.91 Å². The molecule has 132 valence electrons. The molecule has 1 unspecified atom stereocenters. The highest BCUT2D eigenvalue weighted by Crippen LogP contribution is 2.24. The second kappa shape index (κ2) is 6.70. The van der Waals surface area contributed by atoms with Crippen molar-refractivity contribution in [2.45, 2.75) is 32.7 Å². The summed E-state index contributed by atoms with van der Waals surface area (Å²) in [5.74, 6) is 0.475. The Bertz CT molecular complexity index is 810. The molecule has 0 saturated carbocycles. The molecule has 1 saturated heterocycles. The first-order valence-corrected chi connectivity index (χ1v) is 8.54. The number of aromatic amines is 1. The van der Waals surface area contributed by atoms with Gasteiger partial charge in [-0.05, 0) is 32.8 Å². The molecule has 6 nitrogen and oxygen atoms in total. The smallest absolute Gasteiger partial charge is 0.275 e. The summed E-state index contributed by atoms with van der Waals surface area (Å²) >= 11 is 0. The summed E-state index contributed by atoms with van der Waals surface area (Å²) in [6, 6.07) is 7.60. The van der Waals surface area contributed by atoms with Crippen LogP contribution in [0.15, 0.2) is 24.3 Å². The van der Waals surface area contributed by atoms with Crippen molar-refractivity contribution in [1.29, 1.82) is 0 Å². The predicted octanol–water partition coefficient (Wildman–Crippen LogP) is 2.39. The number of imidazole rings is 1. The minimum absolute atomic E-state index is 0.0297. The first kappa shape index (κ1) is 17.2. The van der Waals surface area contributed by atoms with Crippen LogP contribution in [-0.4, -0.2) is 58.3 Å². The molecule has 1 aliphatic heterocycles. The van der Waals surface area contributed by atoms with Crippen molar-refractivity contribution in [3.05, 3.63) is 41.2 Å². The van der Waals surface area contributed by atoms with Gasteiger partial charge in [-0.2, -0.15) is 0 Å². The lowest BCUT2D eigenvalue weighted by molar-refractivity contribution is -0.132. The van der Waals surface area contributed by atoms with E-state index in [0.717, 1.165) is 23.2 Å². The maximum Gasteiger partial charge on any atom is 0.275 e. The second-order valence-electron chi connectivity index (χ2n) is 6.82. The van der Waals surface area contributed by atoms with Crippen LogP contribution >= 0.6 is 0 Å². The molecule has 1 aromatic heterocycles. The number of hydrogen-bond acceptors (Lipinski definition) is 3. The average molecular weight is 340 g/mol. The molecule has 25 heavy (non-hydrogen) atoms. The molecule has 0 bridgehead atoms. The first-order chi connectivity index (χ1) is 11.9. The highest BCUT2D eigenvalue weighted by atomic mass is 16.2. The Morgan fingerprint density at radius 2 is 2.04 bits per heavy atom. The van der Waals surface area contributed by atoms with Gasteiger partial charge in [0.25, 0.3) is 5.91 Å². The summed E-state index contributed by atoms with van der Waals surface area (Å²) in [6.45, 7) is 4.46. The minimum atomic E-state index is -0.388. The SMILES string of the molecule is Cc1cccc(-c2nc(C(=O)N3CCCC3C(=O)N(C)C)c(C)[nH]2)c1. The van der Waals surface area contributed by atoms with Crippen LogP contribution in [0.2, 0.25) is 0 Å². The summed E-state index contributed by atoms with van der Waals surface area (Å²) in [4.78, 5) is 36.3. The Balaban J connectivity index is 1.89. The van der Waals surface area contributed by atoms with Gasteiger partial charge in [0.05, 0.1) is 0 Å². The van der Waals surface area contributed by atoms with E-state index < -0.39 is 0 Å². The molecule has 0 aliphatic carbocycles. The lowest BCUT2D eigenvalue weighted by Gasteiger charge is -2.25. The zero-order valence-corrected chi connectivity index (χ0v) is 15.2. The monoisotopic (exact) mass is 340 g/mol. The quantitative estimate of drug-likeness (QED) is 0.933. The fourth-order valence-corrected chi connectivity index (χ4v) is 3.30. The molecule has 3 rings (SSSR count). The van der Waals surface area contributed by atoms with Crippen LogP contribution in [0.1, 0.15) is 34.6 Å². The highest BCUT2D eigenvalue weighted by molar-refractivity contribution is 5.97. The van der Waals surface area contributed by atoms with Crippen LogP contribution in [-0.2, 0) is 4.79 Å². The van der Waals surface area contributed by atoms with E-state index in [-0.39, 0.29) is 17.9 Å². The van der Waals surface area contributed by atoms with E-state index in [1.807, 2.05) is 38.1 Å². The number of rotatable bonds is 3. The van der Waals surface area contributed by atoms with Gasteiger partial charge in [0, 0.05) is 31.9 Å². The van der Waals surface area contributed by atoms with E-state index >= 15 is 0 Å². The molecule has 2 heterocycles. The Kier molecular flexibility index (Phi) is 4.61. The van der Waals surface area contributed by atoms with Crippen LogP contribution in [0, 0.1) is 13.8 Å². The van der Waals surface area contributed by atoms with Gasteiger partial charge in [0.1, 0.15) is 17.6 Å². The van der Waals surface area contributed by atoms with E-state index in [1.165, 1.54) is 0 Å². The Morgan fingerprint density at radius 1 is 1.28 bits per heavy atom. The average Bonchev–Trinajstić information content (AvgIpc) is 3.20. The fraction of sp³-hybridized carbons (Fsp3) is 0.421. The number of aromatic nitrogens is 2. The third-order valence-corrected chi connectivity index (χ3v) is 4.62. The first-order valence-electron chi connectivity index (χ1n) is 8.54. The predicted molar refractivity (Wildman–Crippen MR) is 96.3 cm³/mol. The Labute approximate surface area is 147 Å². The van der Waals surface area contributed by atoms with Crippen molar-refractivity contribution in [3.63, 3.8) is 0 Å². The third-order valence-electron chi connectivity index (χ3n) is 4.62.